The Morgan fingerprint density at radius 3 is 2.81 bits per heavy atom. The van der Waals surface area contributed by atoms with Crippen LogP contribution in [-0.2, 0) is 10.3 Å². The highest BCUT2D eigenvalue weighted by Gasteiger charge is 2.48. The van der Waals surface area contributed by atoms with Gasteiger partial charge in [-0.1, -0.05) is 29.8 Å². The zero-order valence-corrected chi connectivity index (χ0v) is 17.3. The van der Waals surface area contributed by atoms with Crippen molar-refractivity contribution in [3.05, 3.63) is 28.8 Å². The van der Waals surface area contributed by atoms with E-state index in [2.05, 4.69) is 0 Å². The highest BCUT2D eigenvalue weighted by atomic mass is 35.5. The number of hydrogen-bond acceptors (Lipinski definition) is 5. The van der Waals surface area contributed by atoms with E-state index in [1.54, 1.807) is 24.9 Å². The van der Waals surface area contributed by atoms with Crippen molar-refractivity contribution < 1.29 is 9.53 Å². The molecule has 142 valence electrons. The van der Waals surface area contributed by atoms with Crippen LogP contribution >= 0.6 is 23.4 Å². The van der Waals surface area contributed by atoms with Crippen molar-refractivity contribution in [3.8, 4) is 0 Å². The normalized spacial score (nSPS) is 25.4. The molecule has 26 heavy (non-hydrogen) atoms. The summed E-state index contributed by atoms with van der Waals surface area (Å²) < 4.78 is 5.49. The van der Waals surface area contributed by atoms with E-state index in [4.69, 9.17) is 27.1 Å². The van der Waals surface area contributed by atoms with Gasteiger partial charge in [0.1, 0.15) is 5.60 Å². The number of carbonyl (C=O) groups is 1. The molecule has 2 atom stereocenters. The number of benzene rings is 1. The lowest BCUT2D eigenvalue weighted by Crippen LogP contribution is -2.42. The number of nitrogens with two attached hydrogens (primary N) is 1. The number of ether oxygens (including phenoxy) is 1. The molecule has 1 aromatic carbocycles. The molecule has 0 spiro atoms. The summed E-state index contributed by atoms with van der Waals surface area (Å²) in [4.78, 5) is 19.1. The Morgan fingerprint density at radius 2 is 2.15 bits per heavy atom. The van der Waals surface area contributed by atoms with Gasteiger partial charge in [0.15, 0.2) is 5.17 Å². The zero-order chi connectivity index (χ0) is 19.1. The lowest BCUT2D eigenvalue weighted by Gasteiger charge is -2.38. The van der Waals surface area contributed by atoms with Crippen molar-refractivity contribution in [1.82, 2.24) is 4.90 Å². The van der Waals surface area contributed by atoms with Gasteiger partial charge in [-0.25, -0.2) is 4.79 Å². The first-order valence-corrected chi connectivity index (χ1v) is 10.2. The predicted octanol–water partition coefficient (Wildman–Crippen LogP) is 4.89. The van der Waals surface area contributed by atoms with Crippen molar-refractivity contribution in [2.24, 2.45) is 10.9 Å². The maximum Gasteiger partial charge on any atom is 0.416 e. The number of amides is 1. The van der Waals surface area contributed by atoms with Crippen molar-refractivity contribution in [3.63, 3.8) is 0 Å². The largest absolute Gasteiger partial charge is 0.443 e. The molecule has 2 aliphatic rings. The molecule has 1 heterocycles. The lowest BCUT2D eigenvalue weighted by atomic mass is 9.81. The van der Waals surface area contributed by atoms with Crippen LogP contribution in [0.1, 0.15) is 45.6 Å². The fourth-order valence-electron chi connectivity index (χ4n) is 3.69. The number of fused-ring (bicyclic) bond motifs is 1. The third-order valence-electron chi connectivity index (χ3n) is 4.87. The molecule has 1 saturated carbocycles. The Labute approximate surface area is 164 Å². The third kappa shape index (κ3) is 3.81. The number of carbonyl (C=O) groups excluding carboxylic acids is 1. The van der Waals surface area contributed by atoms with Crippen LogP contribution in [0, 0.1) is 5.92 Å². The number of hydrogen-bond donors (Lipinski definition) is 1. The Bertz CT molecular complexity index is 727. The van der Waals surface area contributed by atoms with Gasteiger partial charge in [-0.15, -0.1) is 0 Å². The van der Waals surface area contributed by atoms with Gasteiger partial charge in [-0.05, 0) is 63.3 Å². The minimum absolute atomic E-state index is 0.365. The lowest BCUT2D eigenvalue weighted by molar-refractivity contribution is 0.0404. The standard InChI is InChI=1S/C19H26ClN3O2S/c1-18(2,3)25-17(24)23(4)16-22-19(7-5-6-12(19)11-26-16)13-8-14(20)10-15(21)9-13/h8-10,12H,5-7,11,21H2,1-4H3/t12-,19-/m0/s1. The Hall–Kier alpha value is -1.40. The van der Waals surface area contributed by atoms with Crippen LogP contribution in [0.25, 0.3) is 0 Å². The molecule has 1 aliphatic heterocycles. The quantitative estimate of drug-likeness (QED) is 0.687. The molecule has 1 fully saturated rings. The van der Waals surface area contributed by atoms with Crippen molar-refractivity contribution in [1.29, 1.82) is 0 Å². The molecular weight excluding hydrogens is 370 g/mol. The predicted molar refractivity (Wildman–Crippen MR) is 109 cm³/mol. The average Bonchev–Trinajstić information content (AvgIpc) is 2.95. The summed E-state index contributed by atoms with van der Waals surface area (Å²) in [6.45, 7) is 5.58. The van der Waals surface area contributed by atoms with Gasteiger partial charge in [0.05, 0.1) is 5.54 Å². The maximum atomic E-state index is 12.5. The van der Waals surface area contributed by atoms with Crippen LogP contribution in [0.15, 0.2) is 23.2 Å². The first kappa shape index (κ1) is 19.4. The van der Waals surface area contributed by atoms with Crippen LogP contribution in [0.4, 0.5) is 10.5 Å². The number of nitrogens with zero attached hydrogens (tertiary/aromatic N) is 2. The Balaban J connectivity index is 1.97. The smallest absolute Gasteiger partial charge is 0.416 e. The molecule has 0 bridgehead atoms. The van der Waals surface area contributed by atoms with Gasteiger partial charge in [-0.2, -0.15) is 0 Å². The fraction of sp³-hybridized carbons (Fsp3) is 0.579. The van der Waals surface area contributed by atoms with Gasteiger partial charge in [0.25, 0.3) is 0 Å². The van der Waals surface area contributed by atoms with Crippen molar-refractivity contribution in [2.75, 3.05) is 18.5 Å². The minimum Gasteiger partial charge on any atom is -0.443 e. The average molecular weight is 396 g/mol. The molecule has 5 nitrogen and oxygen atoms in total. The maximum absolute atomic E-state index is 12.5. The Kier molecular flexibility index (Phi) is 5.19. The second-order valence-corrected chi connectivity index (χ2v) is 9.45. The van der Waals surface area contributed by atoms with Gasteiger partial charge >= 0.3 is 6.09 Å². The summed E-state index contributed by atoms with van der Waals surface area (Å²) in [6, 6.07) is 5.68. The fourth-order valence-corrected chi connectivity index (χ4v) is 5.23. The summed E-state index contributed by atoms with van der Waals surface area (Å²) in [5, 5.41) is 1.31. The summed E-state index contributed by atoms with van der Waals surface area (Å²) in [5.74, 6) is 1.33. The van der Waals surface area contributed by atoms with E-state index >= 15 is 0 Å². The topological polar surface area (TPSA) is 67.9 Å². The highest BCUT2D eigenvalue weighted by Crippen LogP contribution is 2.52. The molecule has 7 heteroatoms. The number of halogens is 1. The number of amidine groups is 1. The van der Waals surface area contributed by atoms with Crippen LogP contribution < -0.4 is 5.73 Å². The number of rotatable bonds is 1. The van der Waals surface area contributed by atoms with Crippen LogP contribution in [0.5, 0.6) is 0 Å². The van der Waals surface area contributed by atoms with Gasteiger partial charge in [-0.3, -0.25) is 9.89 Å². The van der Waals surface area contributed by atoms with Gasteiger partial charge < -0.3 is 10.5 Å². The van der Waals surface area contributed by atoms with Gasteiger partial charge in [0.2, 0.25) is 0 Å². The summed E-state index contributed by atoms with van der Waals surface area (Å²) in [5.41, 5.74) is 6.81. The van der Waals surface area contributed by atoms with E-state index in [-0.39, 0.29) is 11.6 Å². The Morgan fingerprint density at radius 1 is 1.42 bits per heavy atom. The molecule has 1 amide bonds. The van der Waals surface area contributed by atoms with Crippen molar-refractivity contribution >= 4 is 40.3 Å². The first-order chi connectivity index (χ1) is 12.1. The van der Waals surface area contributed by atoms with Crippen molar-refractivity contribution in [2.45, 2.75) is 51.2 Å². The second-order valence-electron chi connectivity index (χ2n) is 8.03. The third-order valence-corrected chi connectivity index (χ3v) is 6.28. The highest BCUT2D eigenvalue weighted by molar-refractivity contribution is 8.13. The summed E-state index contributed by atoms with van der Waals surface area (Å²) >= 11 is 7.87. The van der Waals surface area contributed by atoms with Crippen LogP contribution in [-0.4, -0.2) is 34.6 Å². The van der Waals surface area contributed by atoms with E-state index in [9.17, 15) is 4.79 Å². The summed E-state index contributed by atoms with van der Waals surface area (Å²) in [6.07, 6.45) is 2.77. The number of anilines is 1. The number of nitrogen functional groups attached to an aromatic ring is 1. The van der Waals surface area contributed by atoms with E-state index in [0.717, 1.165) is 30.6 Å². The monoisotopic (exact) mass is 395 g/mol. The molecule has 0 saturated heterocycles. The molecule has 0 radical (unpaired) electrons. The zero-order valence-electron chi connectivity index (χ0n) is 15.7. The second kappa shape index (κ2) is 6.97. The first-order valence-electron chi connectivity index (χ1n) is 8.87. The molecule has 0 aromatic heterocycles. The number of thioether (sulfide) groups is 1. The van der Waals surface area contributed by atoms with E-state index in [1.165, 1.54) is 4.90 Å². The van der Waals surface area contributed by atoms with E-state index in [1.807, 2.05) is 32.9 Å². The van der Waals surface area contributed by atoms with E-state index < -0.39 is 5.60 Å². The molecular formula is C19H26ClN3O2S. The van der Waals surface area contributed by atoms with Crippen LogP contribution in [0.2, 0.25) is 5.02 Å². The minimum atomic E-state index is -0.541. The molecule has 0 unspecified atom stereocenters. The molecule has 3 rings (SSSR count). The molecule has 1 aliphatic carbocycles. The van der Waals surface area contributed by atoms with E-state index in [0.29, 0.717) is 21.8 Å². The van der Waals surface area contributed by atoms with Gasteiger partial charge in [0, 0.05) is 23.5 Å². The molecule has 1 aromatic rings. The SMILES string of the molecule is CN(C(=O)OC(C)(C)C)C1=N[C@@]2(c3cc(N)cc(Cl)c3)CCC[C@H]2CS1. The van der Waals surface area contributed by atoms with Crippen LogP contribution in [0.3, 0.4) is 0 Å². The number of aliphatic imine (C=N–C) groups is 1. The molecule has 2 N–H and O–H groups in total. The summed E-state index contributed by atoms with van der Waals surface area (Å²) in [7, 11) is 1.72.